The Hall–Kier alpha value is -2.04. The molecule has 3 rings (SSSR count). The molecule has 0 saturated carbocycles. The maximum absolute atomic E-state index is 12.7. The topological polar surface area (TPSA) is 49.4 Å². The monoisotopic (exact) mass is 362 g/mol. The summed E-state index contributed by atoms with van der Waals surface area (Å²) in [7, 11) is 0. The highest BCUT2D eigenvalue weighted by Gasteiger charge is 2.40. The summed E-state index contributed by atoms with van der Waals surface area (Å²) in [6.07, 6.45) is 0.837. The van der Waals surface area contributed by atoms with E-state index in [4.69, 9.17) is 23.2 Å². The maximum atomic E-state index is 12.7. The molecule has 1 aliphatic heterocycles. The van der Waals surface area contributed by atoms with Crippen LogP contribution in [0.2, 0.25) is 10.0 Å². The van der Waals surface area contributed by atoms with Gasteiger partial charge in [-0.2, -0.15) is 0 Å². The summed E-state index contributed by atoms with van der Waals surface area (Å²) in [5.41, 5.74) is 2.20. The van der Waals surface area contributed by atoms with Crippen LogP contribution in [0, 0.1) is 0 Å². The molecule has 0 radical (unpaired) electrons. The van der Waals surface area contributed by atoms with Crippen molar-refractivity contribution in [3.05, 3.63) is 58.1 Å². The number of anilines is 2. The predicted molar refractivity (Wildman–Crippen MR) is 96.8 cm³/mol. The van der Waals surface area contributed by atoms with Gasteiger partial charge in [-0.05, 0) is 36.2 Å². The number of para-hydroxylation sites is 1. The molecule has 124 valence electrons. The van der Waals surface area contributed by atoms with Crippen molar-refractivity contribution in [2.24, 2.45) is 0 Å². The normalized spacial score (nSPS) is 17.5. The zero-order valence-electron chi connectivity index (χ0n) is 13.1. The Kier molecular flexibility index (Phi) is 4.78. The minimum Gasteiger partial charge on any atom is -0.372 e. The van der Waals surface area contributed by atoms with E-state index >= 15 is 0 Å². The van der Waals surface area contributed by atoms with Crippen molar-refractivity contribution < 1.29 is 9.59 Å². The van der Waals surface area contributed by atoms with Crippen molar-refractivity contribution in [2.75, 3.05) is 10.2 Å². The van der Waals surface area contributed by atoms with Crippen molar-refractivity contribution in [1.82, 2.24) is 0 Å². The van der Waals surface area contributed by atoms with E-state index in [9.17, 15) is 9.59 Å². The lowest BCUT2D eigenvalue weighted by molar-refractivity contribution is -0.121. The first kappa shape index (κ1) is 16.8. The lowest BCUT2D eigenvalue weighted by Crippen LogP contribution is -2.35. The summed E-state index contributed by atoms with van der Waals surface area (Å²) in [5, 5.41) is 3.98. The largest absolute Gasteiger partial charge is 0.372 e. The number of carbonyl (C=O) groups is 2. The fraction of sp³-hybridized carbons (Fsp3) is 0.222. The van der Waals surface area contributed by atoms with Gasteiger partial charge in [0.1, 0.15) is 6.04 Å². The van der Waals surface area contributed by atoms with Gasteiger partial charge in [-0.3, -0.25) is 9.59 Å². The lowest BCUT2D eigenvalue weighted by atomic mass is 10.1. The highest BCUT2D eigenvalue weighted by atomic mass is 35.5. The van der Waals surface area contributed by atoms with Crippen LogP contribution in [0.25, 0.3) is 0 Å². The Morgan fingerprint density at radius 2 is 1.92 bits per heavy atom. The number of hydrogen-bond acceptors (Lipinski definition) is 3. The number of carbonyl (C=O) groups excluding carboxylic acids is 2. The first-order chi connectivity index (χ1) is 11.5. The van der Waals surface area contributed by atoms with Gasteiger partial charge in [0.15, 0.2) is 0 Å². The first-order valence-electron chi connectivity index (χ1n) is 7.67. The molecule has 1 aliphatic rings. The van der Waals surface area contributed by atoms with Gasteiger partial charge in [0.25, 0.3) is 5.91 Å². The molecule has 1 N–H and O–H groups in total. The van der Waals surface area contributed by atoms with Crippen molar-refractivity contribution >= 4 is 46.4 Å². The van der Waals surface area contributed by atoms with Crippen molar-refractivity contribution in [3.63, 3.8) is 0 Å². The minimum absolute atomic E-state index is 0.0931. The second kappa shape index (κ2) is 6.83. The molecule has 0 unspecified atom stereocenters. The zero-order chi connectivity index (χ0) is 17.3. The van der Waals surface area contributed by atoms with E-state index in [-0.39, 0.29) is 18.2 Å². The Balaban J connectivity index is 1.86. The summed E-state index contributed by atoms with van der Waals surface area (Å²) in [6, 6.07) is 11.8. The van der Waals surface area contributed by atoms with Gasteiger partial charge >= 0.3 is 0 Å². The van der Waals surface area contributed by atoms with E-state index in [0.29, 0.717) is 21.4 Å². The Labute approximate surface area is 150 Å². The van der Waals surface area contributed by atoms with E-state index in [1.54, 1.807) is 24.3 Å². The standard InChI is InChI=1S/C18H16Cl2N2O2/c1-2-11-5-3-4-6-16(11)22-17(23)10-15(18(22)24)21-14-8-7-12(19)9-13(14)20/h3-9,15,21H,2,10H2,1H3/t15-/m0/s1. The van der Waals surface area contributed by atoms with Crippen LogP contribution < -0.4 is 10.2 Å². The number of hydrogen-bond donors (Lipinski definition) is 1. The number of nitrogens with zero attached hydrogens (tertiary/aromatic N) is 1. The van der Waals surface area contributed by atoms with Crippen LogP contribution in [-0.2, 0) is 16.0 Å². The van der Waals surface area contributed by atoms with E-state index in [2.05, 4.69) is 5.32 Å². The number of rotatable bonds is 4. The van der Waals surface area contributed by atoms with Gasteiger partial charge in [-0.25, -0.2) is 4.90 Å². The molecule has 1 atom stereocenters. The fourth-order valence-corrected chi connectivity index (χ4v) is 3.28. The molecular formula is C18H16Cl2N2O2. The Bertz CT molecular complexity index is 807. The highest BCUT2D eigenvalue weighted by molar-refractivity contribution is 6.36. The number of aryl methyl sites for hydroxylation is 1. The molecule has 6 heteroatoms. The molecule has 24 heavy (non-hydrogen) atoms. The van der Waals surface area contributed by atoms with Crippen LogP contribution in [-0.4, -0.2) is 17.9 Å². The molecule has 1 heterocycles. The smallest absolute Gasteiger partial charge is 0.256 e. The van der Waals surface area contributed by atoms with Crippen LogP contribution in [0.5, 0.6) is 0 Å². The lowest BCUT2D eigenvalue weighted by Gasteiger charge is -2.19. The third kappa shape index (κ3) is 3.12. The Morgan fingerprint density at radius 3 is 2.62 bits per heavy atom. The number of halogens is 2. The van der Waals surface area contributed by atoms with E-state index in [0.717, 1.165) is 12.0 Å². The predicted octanol–water partition coefficient (Wildman–Crippen LogP) is 4.30. The second-order valence-electron chi connectivity index (χ2n) is 5.57. The second-order valence-corrected chi connectivity index (χ2v) is 6.42. The summed E-state index contributed by atoms with van der Waals surface area (Å²) in [4.78, 5) is 26.4. The molecule has 1 fully saturated rings. The van der Waals surface area contributed by atoms with Crippen molar-refractivity contribution in [2.45, 2.75) is 25.8 Å². The van der Waals surface area contributed by atoms with Crippen LogP contribution >= 0.6 is 23.2 Å². The Morgan fingerprint density at radius 1 is 1.17 bits per heavy atom. The van der Waals surface area contributed by atoms with Gasteiger partial charge in [0.05, 0.1) is 22.8 Å². The van der Waals surface area contributed by atoms with Crippen LogP contribution in [0.3, 0.4) is 0 Å². The number of benzene rings is 2. The average molecular weight is 363 g/mol. The molecule has 0 spiro atoms. The van der Waals surface area contributed by atoms with Gasteiger partial charge in [0.2, 0.25) is 5.91 Å². The van der Waals surface area contributed by atoms with Gasteiger partial charge in [-0.1, -0.05) is 48.3 Å². The average Bonchev–Trinajstić information content (AvgIpc) is 2.84. The van der Waals surface area contributed by atoms with E-state index < -0.39 is 6.04 Å². The SMILES string of the molecule is CCc1ccccc1N1C(=O)C[C@H](Nc2ccc(Cl)cc2Cl)C1=O. The summed E-state index contributed by atoms with van der Waals surface area (Å²) < 4.78 is 0. The number of imide groups is 1. The van der Waals surface area contributed by atoms with E-state index in [1.165, 1.54) is 4.90 Å². The van der Waals surface area contributed by atoms with Crippen LogP contribution in [0.1, 0.15) is 18.9 Å². The van der Waals surface area contributed by atoms with Gasteiger partial charge in [-0.15, -0.1) is 0 Å². The summed E-state index contributed by atoms with van der Waals surface area (Å²) in [5.74, 6) is -0.490. The van der Waals surface area contributed by atoms with Crippen LogP contribution in [0.15, 0.2) is 42.5 Å². The quantitative estimate of drug-likeness (QED) is 0.824. The molecule has 4 nitrogen and oxygen atoms in total. The molecule has 0 aliphatic carbocycles. The highest BCUT2D eigenvalue weighted by Crippen LogP contribution is 2.31. The third-order valence-corrected chi connectivity index (χ3v) is 4.57. The summed E-state index contributed by atoms with van der Waals surface area (Å²) >= 11 is 12.0. The van der Waals surface area contributed by atoms with Gasteiger partial charge < -0.3 is 5.32 Å². The number of amides is 2. The molecule has 0 aromatic heterocycles. The molecule has 0 bridgehead atoms. The molecule has 2 aromatic carbocycles. The summed E-state index contributed by atoms with van der Waals surface area (Å²) in [6.45, 7) is 1.99. The van der Waals surface area contributed by atoms with Gasteiger partial charge in [0, 0.05) is 5.02 Å². The van der Waals surface area contributed by atoms with E-state index in [1.807, 2.05) is 25.1 Å². The molecule has 1 saturated heterocycles. The maximum Gasteiger partial charge on any atom is 0.256 e. The van der Waals surface area contributed by atoms with Crippen LogP contribution in [0.4, 0.5) is 11.4 Å². The first-order valence-corrected chi connectivity index (χ1v) is 8.43. The fourth-order valence-electron chi connectivity index (χ4n) is 2.82. The van der Waals surface area contributed by atoms with Crippen molar-refractivity contribution in [3.8, 4) is 0 Å². The zero-order valence-corrected chi connectivity index (χ0v) is 14.6. The third-order valence-electron chi connectivity index (χ3n) is 4.02. The number of nitrogens with one attached hydrogen (secondary N) is 1. The molecule has 2 aromatic rings. The minimum atomic E-state index is -0.638. The molecule has 2 amide bonds. The molecular weight excluding hydrogens is 347 g/mol. The van der Waals surface area contributed by atoms with Crippen molar-refractivity contribution in [1.29, 1.82) is 0 Å².